The van der Waals surface area contributed by atoms with Crippen molar-refractivity contribution in [2.45, 2.75) is 30.2 Å². The lowest BCUT2D eigenvalue weighted by atomic mass is 10.2. The number of halogens is 1. The predicted octanol–water partition coefficient (Wildman–Crippen LogP) is 1.56. The molecule has 0 spiro atoms. The Morgan fingerprint density at radius 1 is 1.41 bits per heavy atom. The first-order valence-corrected chi connectivity index (χ1v) is 10.7. The van der Waals surface area contributed by atoms with E-state index in [4.69, 9.17) is 21.1 Å². The molecule has 10 heteroatoms. The van der Waals surface area contributed by atoms with Crippen LogP contribution in [0.4, 0.5) is 5.69 Å². The Labute approximate surface area is 164 Å². The third-order valence-corrected chi connectivity index (χ3v) is 6.12. The maximum atomic E-state index is 13.0. The number of hydrogen-bond acceptors (Lipinski definition) is 7. The van der Waals surface area contributed by atoms with Crippen molar-refractivity contribution in [3.05, 3.63) is 24.0 Å². The highest BCUT2D eigenvalue weighted by Crippen LogP contribution is 2.28. The van der Waals surface area contributed by atoms with Gasteiger partial charge in [0.15, 0.2) is 4.90 Å². The number of nitrogens with one attached hydrogen (secondary N) is 1. The summed E-state index contributed by atoms with van der Waals surface area (Å²) in [6, 6.07) is 1.47. The number of aliphatic imine (C=N–C) groups is 1. The smallest absolute Gasteiger partial charge is 0.267 e. The van der Waals surface area contributed by atoms with Crippen molar-refractivity contribution in [1.29, 1.82) is 0 Å². The minimum absolute atomic E-state index is 0.0209. The number of ether oxygens (including phenoxy) is 2. The molecule has 0 aromatic carbocycles. The van der Waals surface area contributed by atoms with Crippen molar-refractivity contribution in [2.24, 2.45) is 4.99 Å². The Hall–Kier alpha value is -1.84. The van der Waals surface area contributed by atoms with Gasteiger partial charge in [-0.15, -0.1) is 11.6 Å². The number of nitrogens with zero attached hydrogens (tertiary/aromatic N) is 3. The summed E-state index contributed by atoms with van der Waals surface area (Å²) >= 11 is 6.16. The van der Waals surface area contributed by atoms with E-state index in [1.165, 1.54) is 6.21 Å². The molecule has 0 aliphatic carbocycles. The number of pyridine rings is 1. The standard InChI is InChI=1S/C17H23ClN4O4S/c1-3-26-17-16(9-14(11-20-17)22-4-6-25-7-5-22)27(23,24)21-13-8-15(18)12(2)19-10-13/h8-12,15,21H,3-7H2,1-2H3. The Kier molecular flexibility index (Phi) is 6.23. The molecule has 1 N–H and O–H groups in total. The van der Waals surface area contributed by atoms with Gasteiger partial charge in [-0.2, -0.15) is 0 Å². The van der Waals surface area contributed by atoms with E-state index in [9.17, 15) is 8.42 Å². The summed E-state index contributed by atoms with van der Waals surface area (Å²) in [7, 11) is -3.93. The van der Waals surface area contributed by atoms with Crippen LogP contribution in [0.2, 0.25) is 0 Å². The number of rotatable bonds is 6. The van der Waals surface area contributed by atoms with Gasteiger partial charge >= 0.3 is 0 Å². The van der Waals surface area contributed by atoms with E-state index in [-0.39, 0.29) is 22.2 Å². The summed E-state index contributed by atoms with van der Waals surface area (Å²) in [5.74, 6) is 0.0612. The van der Waals surface area contributed by atoms with Gasteiger partial charge in [-0.05, 0) is 26.0 Å². The van der Waals surface area contributed by atoms with Crippen LogP contribution in [0.25, 0.3) is 0 Å². The molecule has 2 unspecified atom stereocenters. The average Bonchev–Trinajstić information content (AvgIpc) is 2.66. The molecule has 1 fully saturated rings. The fourth-order valence-electron chi connectivity index (χ4n) is 2.76. The van der Waals surface area contributed by atoms with Crippen LogP contribution >= 0.6 is 11.6 Å². The topological polar surface area (TPSA) is 93.1 Å². The minimum Gasteiger partial charge on any atom is -0.477 e. The van der Waals surface area contributed by atoms with E-state index < -0.39 is 10.0 Å². The molecule has 0 radical (unpaired) electrons. The number of alkyl halides is 1. The number of morpholine rings is 1. The third-order valence-electron chi connectivity index (χ3n) is 4.25. The van der Waals surface area contributed by atoms with Crippen LogP contribution in [-0.4, -0.2) is 63.9 Å². The van der Waals surface area contributed by atoms with Crippen molar-refractivity contribution in [3.63, 3.8) is 0 Å². The summed E-state index contributed by atoms with van der Waals surface area (Å²) in [4.78, 5) is 10.4. The maximum absolute atomic E-state index is 13.0. The molecule has 2 aliphatic heterocycles. The second kappa shape index (κ2) is 8.45. The van der Waals surface area contributed by atoms with E-state index in [0.29, 0.717) is 44.3 Å². The highest BCUT2D eigenvalue weighted by molar-refractivity contribution is 7.89. The molecule has 1 aromatic rings. The molecular weight excluding hydrogens is 392 g/mol. The number of anilines is 1. The van der Waals surface area contributed by atoms with E-state index in [0.717, 1.165) is 0 Å². The largest absolute Gasteiger partial charge is 0.477 e. The third kappa shape index (κ3) is 4.72. The van der Waals surface area contributed by atoms with Gasteiger partial charge in [0.05, 0.1) is 48.8 Å². The minimum atomic E-state index is -3.93. The van der Waals surface area contributed by atoms with Gasteiger partial charge in [0.25, 0.3) is 10.0 Å². The van der Waals surface area contributed by atoms with Gasteiger partial charge in [0, 0.05) is 19.3 Å². The maximum Gasteiger partial charge on any atom is 0.267 e. The zero-order chi connectivity index (χ0) is 19.4. The van der Waals surface area contributed by atoms with Gasteiger partial charge in [-0.25, -0.2) is 13.4 Å². The highest BCUT2D eigenvalue weighted by Gasteiger charge is 2.26. The van der Waals surface area contributed by atoms with Crippen molar-refractivity contribution < 1.29 is 17.9 Å². The second-order valence-corrected chi connectivity index (χ2v) is 8.37. The van der Waals surface area contributed by atoms with Crippen LogP contribution in [0.15, 0.2) is 33.9 Å². The molecule has 0 bridgehead atoms. The van der Waals surface area contributed by atoms with E-state index in [2.05, 4.69) is 14.7 Å². The fraction of sp³-hybridized carbons (Fsp3) is 0.529. The molecule has 0 saturated carbocycles. The Bertz CT molecular complexity index is 837. The lowest BCUT2D eigenvalue weighted by Gasteiger charge is -2.29. The number of sulfonamides is 1. The van der Waals surface area contributed by atoms with Crippen LogP contribution < -0.4 is 14.4 Å². The normalized spacial score (nSPS) is 23.1. The predicted molar refractivity (Wildman–Crippen MR) is 104 cm³/mol. The van der Waals surface area contributed by atoms with Gasteiger partial charge in [0.2, 0.25) is 5.88 Å². The summed E-state index contributed by atoms with van der Waals surface area (Å²) in [5.41, 5.74) is 1.03. The number of hydrogen-bond donors (Lipinski definition) is 1. The van der Waals surface area contributed by atoms with Gasteiger partial charge in [-0.1, -0.05) is 0 Å². The molecule has 3 rings (SSSR count). The summed E-state index contributed by atoms with van der Waals surface area (Å²) in [6.45, 7) is 6.46. The van der Waals surface area contributed by atoms with Crippen LogP contribution in [0.1, 0.15) is 13.8 Å². The molecule has 8 nitrogen and oxygen atoms in total. The van der Waals surface area contributed by atoms with Crippen LogP contribution in [0, 0.1) is 0 Å². The molecule has 1 saturated heterocycles. The van der Waals surface area contributed by atoms with Crippen molar-refractivity contribution in [1.82, 2.24) is 9.71 Å². The number of allylic oxidation sites excluding steroid dienone is 1. The quantitative estimate of drug-likeness (QED) is 0.710. The Morgan fingerprint density at radius 3 is 2.81 bits per heavy atom. The lowest BCUT2D eigenvalue weighted by molar-refractivity contribution is 0.122. The zero-order valence-electron chi connectivity index (χ0n) is 15.3. The van der Waals surface area contributed by atoms with Crippen LogP contribution in [-0.2, 0) is 14.8 Å². The Balaban J connectivity index is 1.92. The van der Waals surface area contributed by atoms with E-state index in [1.54, 1.807) is 25.3 Å². The van der Waals surface area contributed by atoms with Gasteiger partial charge < -0.3 is 14.4 Å². The number of dihydropyridines is 1. The molecule has 27 heavy (non-hydrogen) atoms. The fourth-order valence-corrected chi connectivity index (χ4v) is 4.12. The van der Waals surface area contributed by atoms with Crippen LogP contribution in [0.3, 0.4) is 0 Å². The lowest BCUT2D eigenvalue weighted by Crippen LogP contribution is -2.36. The van der Waals surface area contributed by atoms with E-state index >= 15 is 0 Å². The molecule has 1 aromatic heterocycles. The molecule has 2 aliphatic rings. The van der Waals surface area contributed by atoms with Gasteiger partial charge in [-0.3, -0.25) is 9.71 Å². The number of aromatic nitrogens is 1. The zero-order valence-corrected chi connectivity index (χ0v) is 16.8. The van der Waals surface area contributed by atoms with Crippen LogP contribution in [0.5, 0.6) is 5.88 Å². The SMILES string of the molecule is CCOc1ncc(N2CCOCC2)cc1S(=O)(=O)NC1=CC(Cl)C(C)N=C1. The first kappa shape index (κ1) is 19.9. The molecule has 2 atom stereocenters. The van der Waals surface area contributed by atoms with Crippen molar-refractivity contribution in [3.8, 4) is 5.88 Å². The first-order valence-electron chi connectivity index (χ1n) is 8.78. The summed E-state index contributed by atoms with van der Waals surface area (Å²) in [6.07, 6.45) is 4.73. The first-order chi connectivity index (χ1) is 12.9. The average molecular weight is 415 g/mol. The molecule has 148 valence electrons. The van der Waals surface area contributed by atoms with E-state index in [1.807, 2.05) is 11.8 Å². The summed E-state index contributed by atoms with van der Waals surface area (Å²) < 4.78 is 39.3. The molecular formula is C17H23ClN4O4S. The summed E-state index contributed by atoms with van der Waals surface area (Å²) in [5, 5.41) is -0.378. The highest BCUT2D eigenvalue weighted by atomic mass is 35.5. The Morgan fingerprint density at radius 2 is 2.15 bits per heavy atom. The second-order valence-electron chi connectivity index (χ2n) is 6.22. The molecule has 3 heterocycles. The van der Waals surface area contributed by atoms with Crippen molar-refractivity contribution in [2.75, 3.05) is 37.8 Å². The molecule has 0 amide bonds. The van der Waals surface area contributed by atoms with Crippen molar-refractivity contribution >= 4 is 33.5 Å². The van der Waals surface area contributed by atoms with Gasteiger partial charge in [0.1, 0.15) is 0 Å². The monoisotopic (exact) mass is 414 g/mol.